The number of hydrogen-bond donors (Lipinski definition) is 1. The van der Waals surface area contributed by atoms with Crippen molar-refractivity contribution in [3.63, 3.8) is 0 Å². The number of para-hydroxylation sites is 1. The van der Waals surface area contributed by atoms with E-state index in [0.29, 0.717) is 5.56 Å². The Kier molecular flexibility index (Phi) is 6.49. The molecule has 0 fully saturated rings. The number of carbonyl (C=O) groups is 3. The molecule has 3 aromatic carbocycles. The van der Waals surface area contributed by atoms with Crippen molar-refractivity contribution in [1.82, 2.24) is 0 Å². The molecule has 158 valence electrons. The second kappa shape index (κ2) is 9.25. The van der Waals surface area contributed by atoms with E-state index in [9.17, 15) is 27.6 Å². The molecule has 0 unspecified atom stereocenters. The fourth-order valence-electron chi connectivity index (χ4n) is 2.84. The Bertz CT molecular complexity index is 1110. The Labute approximate surface area is 175 Å². The van der Waals surface area contributed by atoms with Crippen LogP contribution in [0.4, 0.5) is 18.9 Å². The Balaban J connectivity index is 1.70. The third-order valence-electron chi connectivity index (χ3n) is 4.27. The van der Waals surface area contributed by atoms with Crippen LogP contribution in [0, 0.1) is 0 Å². The van der Waals surface area contributed by atoms with E-state index >= 15 is 0 Å². The molecule has 0 heterocycles. The highest BCUT2D eigenvalue weighted by molar-refractivity contribution is 6.14. The number of benzene rings is 3. The zero-order valence-corrected chi connectivity index (χ0v) is 16.0. The zero-order chi connectivity index (χ0) is 22.4. The number of hydrogen-bond acceptors (Lipinski definition) is 4. The van der Waals surface area contributed by atoms with Gasteiger partial charge in [-0.15, -0.1) is 0 Å². The van der Waals surface area contributed by atoms with E-state index < -0.39 is 41.7 Å². The molecular formula is C23H16F3NO4. The SMILES string of the molecule is O=C(COC(=O)c1ccccc1C(=O)c1ccccc1)Nc1ccccc1C(F)(F)F. The lowest BCUT2D eigenvalue weighted by Gasteiger charge is -2.14. The van der Waals surface area contributed by atoms with Crippen LogP contribution in [0.1, 0.15) is 31.8 Å². The second-order valence-electron chi connectivity index (χ2n) is 6.41. The summed E-state index contributed by atoms with van der Waals surface area (Å²) >= 11 is 0. The first-order valence-electron chi connectivity index (χ1n) is 9.09. The number of rotatable bonds is 6. The molecule has 0 saturated carbocycles. The average Bonchev–Trinajstić information content (AvgIpc) is 2.77. The number of carbonyl (C=O) groups excluding carboxylic acids is 3. The van der Waals surface area contributed by atoms with E-state index in [2.05, 4.69) is 5.32 Å². The average molecular weight is 427 g/mol. The van der Waals surface area contributed by atoms with E-state index in [4.69, 9.17) is 4.74 Å². The number of ether oxygens (including phenoxy) is 1. The van der Waals surface area contributed by atoms with Crippen molar-refractivity contribution in [3.8, 4) is 0 Å². The normalized spacial score (nSPS) is 10.9. The minimum absolute atomic E-state index is 0.0557. The fraction of sp³-hybridized carbons (Fsp3) is 0.0870. The predicted molar refractivity (Wildman–Crippen MR) is 107 cm³/mol. The van der Waals surface area contributed by atoms with Crippen molar-refractivity contribution < 1.29 is 32.3 Å². The molecule has 5 nitrogen and oxygen atoms in total. The number of nitrogens with one attached hydrogen (secondary N) is 1. The molecule has 0 spiro atoms. The van der Waals surface area contributed by atoms with Crippen LogP contribution >= 0.6 is 0 Å². The first-order chi connectivity index (χ1) is 14.8. The van der Waals surface area contributed by atoms with Crippen molar-refractivity contribution in [2.75, 3.05) is 11.9 Å². The molecule has 0 bridgehead atoms. The monoisotopic (exact) mass is 427 g/mol. The summed E-state index contributed by atoms with van der Waals surface area (Å²) in [7, 11) is 0. The summed E-state index contributed by atoms with van der Waals surface area (Å²) in [5, 5.41) is 2.08. The van der Waals surface area contributed by atoms with E-state index in [0.717, 1.165) is 12.1 Å². The van der Waals surface area contributed by atoms with Gasteiger partial charge in [-0.25, -0.2) is 4.79 Å². The predicted octanol–water partition coefficient (Wildman–Crippen LogP) is 4.73. The Morgan fingerprint density at radius 3 is 2.03 bits per heavy atom. The lowest BCUT2D eigenvalue weighted by Crippen LogP contribution is -2.23. The minimum Gasteiger partial charge on any atom is -0.452 e. The lowest BCUT2D eigenvalue weighted by atomic mass is 9.98. The molecule has 1 N–H and O–H groups in total. The van der Waals surface area contributed by atoms with Crippen molar-refractivity contribution in [2.24, 2.45) is 0 Å². The van der Waals surface area contributed by atoms with Crippen molar-refractivity contribution >= 4 is 23.3 Å². The van der Waals surface area contributed by atoms with Crippen LogP contribution in [0.15, 0.2) is 78.9 Å². The van der Waals surface area contributed by atoms with Crippen LogP contribution in [0.3, 0.4) is 0 Å². The minimum atomic E-state index is -4.66. The first kappa shape index (κ1) is 21.8. The van der Waals surface area contributed by atoms with Crippen LogP contribution < -0.4 is 5.32 Å². The largest absolute Gasteiger partial charge is 0.452 e. The molecule has 8 heteroatoms. The fourth-order valence-corrected chi connectivity index (χ4v) is 2.84. The van der Waals surface area contributed by atoms with E-state index in [1.165, 1.54) is 30.3 Å². The smallest absolute Gasteiger partial charge is 0.418 e. The van der Waals surface area contributed by atoms with Gasteiger partial charge in [-0.2, -0.15) is 13.2 Å². The number of alkyl halides is 3. The van der Waals surface area contributed by atoms with Crippen LogP contribution in [-0.2, 0) is 15.7 Å². The van der Waals surface area contributed by atoms with E-state index in [1.54, 1.807) is 36.4 Å². The van der Waals surface area contributed by atoms with Crippen LogP contribution in [0.5, 0.6) is 0 Å². The molecule has 0 aliphatic rings. The standard InChI is InChI=1S/C23H16F3NO4/c24-23(25,26)18-12-6-7-13-19(18)27-20(28)14-31-22(30)17-11-5-4-10-16(17)21(29)15-8-2-1-3-9-15/h1-13H,14H2,(H,27,28). The number of anilines is 1. The van der Waals surface area contributed by atoms with Gasteiger partial charge >= 0.3 is 12.1 Å². The number of ketones is 1. The number of esters is 1. The maximum absolute atomic E-state index is 13.0. The molecule has 0 aliphatic heterocycles. The zero-order valence-electron chi connectivity index (χ0n) is 16.0. The molecule has 3 rings (SSSR count). The van der Waals surface area contributed by atoms with Gasteiger partial charge in [0.15, 0.2) is 12.4 Å². The van der Waals surface area contributed by atoms with Crippen molar-refractivity contribution in [2.45, 2.75) is 6.18 Å². The highest BCUT2D eigenvalue weighted by Gasteiger charge is 2.33. The van der Waals surface area contributed by atoms with Gasteiger partial charge in [0.25, 0.3) is 5.91 Å². The van der Waals surface area contributed by atoms with Gasteiger partial charge in [-0.3, -0.25) is 9.59 Å². The molecule has 3 aromatic rings. The molecule has 0 atom stereocenters. The van der Waals surface area contributed by atoms with Crippen LogP contribution in [0.2, 0.25) is 0 Å². The Morgan fingerprint density at radius 2 is 1.35 bits per heavy atom. The summed E-state index contributed by atoms with van der Waals surface area (Å²) in [4.78, 5) is 37.2. The van der Waals surface area contributed by atoms with Gasteiger partial charge in [0.2, 0.25) is 0 Å². The summed E-state index contributed by atoms with van der Waals surface area (Å²) < 4.78 is 44.0. The third kappa shape index (κ3) is 5.36. The van der Waals surface area contributed by atoms with Crippen LogP contribution in [0.25, 0.3) is 0 Å². The summed E-state index contributed by atoms with van der Waals surface area (Å²) in [6.45, 7) is -0.821. The van der Waals surface area contributed by atoms with Gasteiger partial charge in [0.05, 0.1) is 16.8 Å². The van der Waals surface area contributed by atoms with Gasteiger partial charge in [0.1, 0.15) is 0 Å². The molecular weight excluding hydrogens is 411 g/mol. The van der Waals surface area contributed by atoms with Crippen molar-refractivity contribution in [1.29, 1.82) is 0 Å². The third-order valence-corrected chi connectivity index (χ3v) is 4.27. The summed E-state index contributed by atoms with van der Waals surface area (Å²) in [6, 6.07) is 18.7. The van der Waals surface area contributed by atoms with E-state index in [1.807, 2.05) is 0 Å². The van der Waals surface area contributed by atoms with Gasteiger partial charge in [-0.05, 0) is 18.2 Å². The Hall–Kier alpha value is -3.94. The number of amides is 1. The van der Waals surface area contributed by atoms with E-state index in [-0.39, 0.29) is 11.1 Å². The molecule has 0 aromatic heterocycles. The molecule has 0 saturated heterocycles. The topological polar surface area (TPSA) is 72.5 Å². The summed E-state index contributed by atoms with van der Waals surface area (Å²) in [6.07, 6.45) is -4.66. The van der Waals surface area contributed by atoms with Gasteiger partial charge in [-0.1, -0.05) is 60.7 Å². The molecule has 1 amide bonds. The van der Waals surface area contributed by atoms with Gasteiger partial charge < -0.3 is 10.1 Å². The first-order valence-corrected chi connectivity index (χ1v) is 9.09. The van der Waals surface area contributed by atoms with Gasteiger partial charge in [0, 0.05) is 11.1 Å². The maximum atomic E-state index is 13.0. The Morgan fingerprint density at radius 1 is 0.774 bits per heavy atom. The number of halogens is 3. The maximum Gasteiger partial charge on any atom is 0.418 e. The highest BCUT2D eigenvalue weighted by Crippen LogP contribution is 2.34. The van der Waals surface area contributed by atoms with Crippen LogP contribution in [-0.4, -0.2) is 24.3 Å². The molecule has 31 heavy (non-hydrogen) atoms. The summed E-state index contributed by atoms with van der Waals surface area (Å²) in [5.74, 6) is -2.30. The molecule has 0 aliphatic carbocycles. The molecule has 0 radical (unpaired) electrons. The quantitative estimate of drug-likeness (QED) is 0.456. The highest BCUT2D eigenvalue weighted by atomic mass is 19.4. The second-order valence-corrected chi connectivity index (χ2v) is 6.41. The van der Waals surface area contributed by atoms with Crippen molar-refractivity contribution in [3.05, 3.63) is 101 Å². The lowest BCUT2D eigenvalue weighted by molar-refractivity contribution is -0.137. The summed E-state index contributed by atoms with van der Waals surface area (Å²) in [5.41, 5.74) is -1.07.